The van der Waals surface area contributed by atoms with Crippen molar-refractivity contribution in [3.63, 3.8) is 0 Å². The molecule has 26 heavy (non-hydrogen) atoms. The van der Waals surface area contributed by atoms with Crippen LogP contribution in [0.2, 0.25) is 0 Å². The van der Waals surface area contributed by atoms with Gasteiger partial charge in [-0.25, -0.2) is 0 Å². The summed E-state index contributed by atoms with van der Waals surface area (Å²) < 4.78 is 5.49. The number of aryl methyl sites for hydroxylation is 2. The van der Waals surface area contributed by atoms with Crippen molar-refractivity contribution < 1.29 is 9.53 Å². The number of benzene rings is 2. The topological polar surface area (TPSA) is 41.6 Å². The molecule has 1 heterocycles. The molecule has 136 valence electrons. The molecule has 2 aliphatic rings. The molecule has 0 bridgehead atoms. The van der Waals surface area contributed by atoms with E-state index in [2.05, 4.69) is 46.6 Å². The Bertz CT molecular complexity index is 754. The number of carbonyl (C=O) groups excluding carboxylic acids is 1. The van der Waals surface area contributed by atoms with Crippen LogP contribution in [0.3, 0.4) is 0 Å². The molecule has 1 unspecified atom stereocenters. The summed E-state index contributed by atoms with van der Waals surface area (Å²) in [4.78, 5) is 15.1. The smallest absolute Gasteiger partial charge is 0.251 e. The van der Waals surface area contributed by atoms with Crippen LogP contribution in [0.5, 0.6) is 0 Å². The van der Waals surface area contributed by atoms with Crippen LogP contribution in [0.25, 0.3) is 0 Å². The van der Waals surface area contributed by atoms with E-state index in [0.717, 1.165) is 44.7 Å². The quantitative estimate of drug-likeness (QED) is 0.901. The van der Waals surface area contributed by atoms with E-state index in [9.17, 15) is 4.79 Å². The molecule has 0 radical (unpaired) electrons. The number of amides is 1. The lowest BCUT2D eigenvalue weighted by atomic mass is 10.0. The number of rotatable bonds is 5. The van der Waals surface area contributed by atoms with Crippen LogP contribution in [0.4, 0.5) is 0 Å². The first-order valence-electron chi connectivity index (χ1n) is 9.58. The SMILES string of the molecule is O=C(NCC(c1ccccc1)N1CCOCC1)c1ccc2c(c1)CCC2. The third kappa shape index (κ3) is 3.81. The molecule has 1 saturated heterocycles. The van der Waals surface area contributed by atoms with E-state index < -0.39 is 0 Å². The second kappa shape index (κ2) is 8.02. The van der Waals surface area contributed by atoms with Gasteiger partial charge in [0.05, 0.1) is 19.3 Å². The van der Waals surface area contributed by atoms with Crippen molar-refractivity contribution in [1.82, 2.24) is 10.2 Å². The monoisotopic (exact) mass is 350 g/mol. The van der Waals surface area contributed by atoms with Crippen LogP contribution in [0, 0.1) is 0 Å². The minimum atomic E-state index is 0.0221. The Kier molecular flexibility index (Phi) is 5.32. The molecule has 1 N–H and O–H groups in total. The molecule has 2 aromatic rings. The maximum atomic E-state index is 12.7. The van der Waals surface area contributed by atoms with Gasteiger partial charge in [0.15, 0.2) is 0 Å². The first-order chi connectivity index (χ1) is 12.8. The summed E-state index contributed by atoms with van der Waals surface area (Å²) in [6.07, 6.45) is 3.44. The number of nitrogens with one attached hydrogen (secondary N) is 1. The lowest BCUT2D eigenvalue weighted by molar-refractivity contribution is 0.0162. The summed E-state index contributed by atoms with van der Waals surface area (Å²) >= 11 is 0. The molecule has 0 aromatic heterocycles. The van der Waals surface area contributed by atoms with E-state index in [0.29, 0.717) is 6.54 Å². The van der Waals surface area contributed by atoms with Crippen LogP contribution in [0.15, 0.2) is 48.5 Å². The predicted molar refractivity (Wildman–Crippen MR) is 102 cm³/mol. The van der Waals surface area contributed by atoms with Crippen molar-refractivity contribution in [1.29, 1.82) is 0 Å². The van der Waals surface area contributed by atoms with Crippen LogP contribution in [-0.2, 0) is 17.6 Å². The third-order valence-corrected chi connectivity index (χ3v) is 5.49. The van der Waals surface area contributed by atoms with Crippen molar-refractivity contribution in [2.75, 3.05) is 32.8 Å². The highest BCUT2D eigenvalue weighted by atomic mass is 16.5. The summed E-state index contributed by atoms with van der Waals surface area (Å²) in [7, 11) is 0. The fraction of sp³-hybridized carbons (Fsp3) is 0.409. The molecular weight excluding hydrogens is 324 g/mol. The van der Waals surface area contributed by atoms with Gasteiger partial charge in [0.1, 0.15) is 0 Å². The van der Waals surface area contributed by atoms with Crippen LogP contribution in [0.1, 0.15) is 39.5 Å². The summed E-state index contributed by atoms with van der Waals surface area (Å²) in [6.45, 7) is 3.91. The summed E-state index contributed by atoms with van der Waals surface area (Å²) in [5, 5.41) is 3.16. The van der Waals surface area contributed by atoms with E-state index in [4.69, 9.17) is 4.74 Å². The first kappa shape index (κ1) is 17.3. The number of carbonyl (C=O) groups is 1. The molecule has 1 fully saturated rings. The highest BCUT2D eigenvalue weighted by Gasteiger charge is 2.23. The van der Waals surface area contributed by atoms with E-state index in [1.165, 1.54) is 23.1 Å². The lowest BCUT2D eigenvalue weighted by Crippen LogP contribution is -2.43. The highest BCUT2D eigenvalue weighted by Crippen LogP contribution is 2.24. The fourth-order valence-corrected chi connectivity index (χ4v) is 4.03. The molecule has 4 heteroatoms. The fourth-order valence-electron chi connectivity index (χ4n) is 4.03. The summed E-state index contributed by atoms with van der Waals surface area (Å²) in [5.41, 5.74) is 4.76. The van der Waals surface area contributed by atoms with Gasteiger partial charge in [-0.2, -0.15) is 0 Å². The molecule has 1 atom stereocenters. The molecule has 0 saturated carbocycles. The zero-order valence-electron chi connectivity index (χ0n) is 15.1. The minimum Gasteiger partial charge on any atom is -0.379 e. The predicted octanol–water partition coefficient (Wildman–Crippen LogP) is 2.98. The Morgan fingerprint density at radius 3 is 2.62 bits per heavy atom. The lowest BCUT2D eigenvalue weighted by Gasteiger charge is -2.35. The van der Waals surface area contributed by atoms with Gasteiger partial charge in [-0.3, -0.25) is 9.69 Å². The number of hydrogen-bond donors (Lipinski definition) is 1. The largest absolute Gasteiger partial charge is 0.379 e. The molecule has 1 aliphatic heterocycles. The van der Waals surface area contributed by atoms with Crippen LogP contribution in [-0.4, -0.2) is 43.7 Å². The number of hydrogen-bond acceptors (Lipinski definition) is 3. The first-order valence-corrected chi connectivity index (χ1v) is 9.58. The number of nitrogens with zero attached hydrogens (tertiary/aromatic N) is 1. The van der Waals surface area contributed by atoms with Gasteiger partial charge >= 0.3 is 0 Å². The zero-order chi connectivity index (χ0) is 17.8. The maximum absolute atomic E-state index is 12.7. The van der Waals surface area contributed by atoms with Crippen LogP contribution < -0.4 is 5.32 Å². The second-order valence-corrected chi connectivity index (χ2v) is 7.12. The molecule has 4 nitrogen and oxygen atoms in total. The number of ether oxygens (including phenoxy) is 1. The highest BCUT2D eigenvalue weighted by molar-refractivity contribution is 5.94. The molecule has 1 amide bonds. The molecule has 1 aliphatic carbocycles. The second-order valence-electron chi connectivity index (χ2n) is 7.12. The van der Waals surface area contributed by atoms with Gasteiger partial charge in [0.25, 0.3) is 5.91 Å². The average molecular weight is 350 g/mol. The van der Waals surface area contributed by atoms with Gasteiger partial charge in [0.2, 0.25) is 0 Å². The van der Waals surface area contributed by atoms with E-state index in [-0.39, 0.29) is 11.9 Å². The van der Waals surface area contributed by atoms with Crippen molar-refractivity contribution in [3.8, 4) is 0 Å². The van der Waals surface area contributed by atoms with Crippen LogP contribution >= 0.6 is 0 Å². The minimum absolute atomic E-state index is 0.0221. The van der Waals surface area contributed by atoms with Crippen molar-refractivity contribution in [3.05, 3.63) is 70.8 Å². The van der Waals surface area contributed by atoms with E-state index in [1.807, 2.05) is 12.1 Å². The third-order valence-electron chi connectivity index (χ3n) is 5.49. The summed E-state index contributed by atoms with van der Waals surface area (Å²) in [5.74, 6) is 0.0221. The van der Waals surface area contributed by atoms with Crippen molar-refractivity contribution in [2.45, 2.75) is 25.3 Å². The van der Waals surface area contributed by atoms with Crippen molar-refractivity contribution >= 4 is 5.91 Å². The summed E-state index contributed by atoms with van der Waals surface area (Å²) in [6, 6.07) is 16.8. The molecular formula is C22H26N2O2. The van der Waals surface area contributed by atoms with E-state index >= 15 is 0 Å². The van der Waals surface area contributed by atoms with E-state index in [1.54, 1.807) is 0 Å². The van der Waals surface area contributed by atoms with Gasteiger partial charge in [-0.05, 0) is 48.1 Å². The van der Waals surface area contributed by atoms with Gasteiger partial charge in [0, 0.05) is 25.2 Å². The molecule has 0 spiro atoms. The number of fused-ring (bicyclic) bond motifs is 1. The zero-order valence-corrected chi connectivity index (χ0v) is 15.1. The van der Waals surface area contributed by atoms with Gasteiger partial charge < -0.3 is 10.1 Å². The Labute approximate surface area is 155 Å². The Hall–Kier alpha value is -2.17. The maximum Gasteiger partial charge on any atom is 0.251 e. The standard InChI is InChI=1S/C22H26N2O2/c25-22(20-10-9-17-7-4-8-19(17)15-20)23-16-21(18-5-2-1-3-6-18)24-11-13-26-14-12-24/h1-3,5-6,9-10,15,21H,4,7-8,11-14,16H2,(H,23,25). The molecule has 2 aromatic carbocycles. The van der Waals surface area contributed by atoms with Gasteiger partial charge in [-0.1, -0.05) is 36.4 Å². The Morgan fingerprint density at radius 1 is 1.04 bits per heavy atom. The Morgan fingerprint density at radius 2 is 1.81 bits per heavy atom. The van der Waals surface area contributed by atoms with Gasteiger partial charge in [-0.15, -0.1) is 0 Å². The average Bonchev–Trinajstić information content (AvgIpc) is 3.17. The molecule has 4 rings (SSSR count). The Balaban J connectivity index is 1.46. The normalized spacial score (nSPS) is 18.3. The van der Waals surface area contributed by atoms with Crippen molar-refractivity contribution in [2.24, 2.45) is 0 Å². The number of morpholine rings is 1.